The molecule has 118 heavy (non-hydrogen) atoms. The molecule has 0 aliphatic heterocycles. The van der Waals surface area contributed by atoms with Crippen LogP contribution in [0.15, 0.2) is 425 Å². The van der Waals surface area contributed by atoms with Crippen molar-refractivity contribution < 1.29 is 77.7 Å². The predicted molar refractivity (Wildman–Crippen MR) is 499 cm³/mol. The number of hydrogen-bond acceptors (Lipinski definition) is 3. The third-order valence-electron chi connectivity index (χ3n) is 21.6. The zero-order valence-electron chi connectivity index (χ0n) is 108. The van der Waals surface area contributed by atoms with Crippen LogP contribution in [0.2, 0.25) is 0 Å². The van der Waals surface area contributed by atoms with Crippen molar-refractivity contribution in [2.24, 2.45) is 0 Å². The molecule has 3 nitrogen and oxygen atoms in total. The summed E-state index contributed by atoms with van der Waals surface area (Å²) in [6.07, 6.45) is 0. The van der Waals surface area contributed by atoms with E-state index in [1.165, 1.54) is 0 Å². The standard InChI is InChI=1S/C41H28O.C38H24O.C36H22O/c1-41(2)34-19-9-7-12-26(34)33-24-25(22-23-35(33)41)38-27-13-3-5-15-29(27)39(30-16-6-4-14-28(30)38)32-18-11-21-37-40(32)31-17-8-10-20-36(31)42-37;1-2-12-25(13-3-1)26-14-10-15-27(24-26)36-28-16-4-6-18-30(28)37(31-19-7-5-17-29(31)36)33-21-11-23-35-38(33)32-20-8-9-22-34(32)39-35;1-2-13-24-23(11-1)12-9-19-25(24)34-26-14-3-5-16-28(26)35(29-17-6-4-15-27(29)34)31-20-10-22-33-36(31)30-18-7-8-21-32(30)37-33/h3-24H,1-2H3;1-24H;1-22H/i3D,4D,5D,6D,7D,9D,12D,13D,14D,15D,16D,19D,22D,23D,24D;1D,2D,3D,4D,5D,6D,7D,10D,12D,13D,14D,15D,16D,17D,18D,19D,24D;1D,2D,3D,4D,5D,6D,9D,11D,12D,13D,14D,15D,16D,17D,19D. The summed E-state index contributed by atoms with van der Waals surface area (Å²) in [5.74, 6) is 0. The maximum Gasteiger partial charge on any atom is 0.136 e. The number of rotatable bonds is 7. The van der Waals surface area contributed by atoms with Gasteiger partial charge in [0.15, 0.2) is 0 Å². The fourth-order valence-electron chi connectivity index (χ4n) is 16.6. The molecule has 3 aromatic heterocycles. The van der Waals surface area contributed by atoms with Crippen molar-refractivity contribution in [3.63, 3.8) is 0 Å². The van der Waals surface area contributed by atoms with Gasteiger partial charge in [0.2, 0.25) is 0 Å². The average molecular weight is 1550 g/mol. The summed E-state index contributed by atoms with van der Waals surface area (Å²) in [5, 5.41) is -0.529. The Kier molecular flexibility index (Phi) is 8.44. The Bertz CT molecular complexity index is 11000. The Labute approximate surface area is 747 Å². The van der Waals surface area contributed by atoms with Gasteiger partial charge in [-0.25, -0.2) is 0 Å². The van der Waals surface area contributed by atoms with Crippen molar-refractivity contribution in [3.8, 4) is 89.0 Å². The highest BCUT2D eigenvalue weighted by Gasteiger charge is 2.36. The lowest BCUT2D eigenvalue weighted by atomic mass is 9.81. The monoisotopic (exact) mass is 1550 g/mol. The zero-order chi connectivity index (χ0) is 119. The smallest absolute Gasteiger partial charge is 0.136 e. The van der Waals surface area contributed by atoms with Gasteiger partial charge in [-0.2, -0.15) is 0 Å². The van der Waals surface area contributed by atoms with Crippen molar-refractivity contribution in [2.75, 3.05) is 0 Å². The molecule has 0 saturated heterocycles. The zero-order valence-corrected chi connectivity index (χ0v) is 61.3. The summed E-state index contributed by atoms with van der Waals surface area (Å²) in [7, 11) is 0. The number of furan rings is 3. The van der Waals surface area contributed by atoms with E-state index in [1.807, 2.05) is 0 Å². The number of para-hydroxylation sites is 3. The third kappa shape index (κ3) is 10.8. The minimum atomic E-state index is -1.28. The highest BCUT2D eigenvalue weighted by atomic mass is 16.3. The van der Waals surface area contributed by atoms with Gasteiger partial charge in [-0.15, -0.1) is 0 Å². The predicted octanol–water partition coefficient (Wildman–Crippen LogP) is 32.8. The Morgan fingerprint density at radius 1 is 0.195 bits per heavy atom. The second kappa shape index (κ2) is 27.6. The van der Waals surface area contributed by atoms with Gasteiger partial charge in [0, 0.05) is 37.7 Å². The first-order chi connectivity index (χ1) is 77.9. The molecule has 0 saturated carbocycles. The van der Waals surface area contributed by atoms with Crippen molar-refractivity contribution in [3.05, 3.63) is 423 Å². The summed E-state index contributed by atoms with van der Waals surface area (Å²) in [5.41, 5.74) is -1.40. The van der Waals surface area contributed by atoms with E-state index in [9.17, 15) is 23.3 Å². The van der Waals surface area contributed by atoms with Crippen LogP contribution in [0.25, 0.3) is 230 Å². The SMILES string of the molecule is [2H]c1c([2H])c([2H])c(-c2c([2H])c([2H])c([2H])c(-c3c4c([2H])c([2H])c([2H])c([2H])c4c(-c4cccc5oc6ccccc6c45)c4c([2H])c([2H])c([2H])c([2H])c34)c2[2H])c([2H])c1[2H].[2H]c1c([2H])c([2H])c2c(-c3c4c([2H])c([2H])c([2H])c([2H])c4c(-c4cccc5oc6ccccc6c45)c4c([2H])c([2H])c([2H])c([2H])c34)c([2H])c([2H])c([2H])c2c1[2H].[2H]c1c([2H])c([2H])c2c(c1[2H])-c1c([2H])c(-c3c4c([2H])c([2H])c([2H])c([2H])c4c(-c4cccc5oc6ccccc6c45)c4c([2H])c([2H])c([2H])c([2H])c34)c([2H])c([2H])c1C2(C)C. The largest absolute Gasteiger partial charge is 0.456 e. The Morgan fingerprint density at radius 3 is 0.941 bits per heavy atom. The number of fused-ring (bicyclic) bond motifs is 19. The Hall–Kier alpha value is -15.2. The summed E-state index contributed by atoms with van der Waals surface area (Å²) >= 11 is 0. The number of hydrogen-bond donors (Lipinski definition) is 0. The van der Waals surface area contributed by atoms with E-state index in [4.69, 9.17) is 54.4 Å². The van der Waals surface area contributed by atoms with Crippen LogP contribution in [0, 0.1) is 0 Å². The minimum absolute atomic E-state index is 0.0193. The Morgan fingerprint density at radius 2 is 0.500 bits per heavy atom. The van der Waals surface area contributed by atoms with Gasteiger partial charge in [0.25, 0.3) is 0 Å². The van der Waals surface area contributed by atoms with E-state index in [0.29, 0.717) is 76.9 Å². The van der Waals surface area contributed by atoms with Crippen LogP contribution in [-0.2, 0) is 5.41 Å². The number of benzene rings is 21. The maximum absolute atomic E-state index is 9.83. The van der Waals surface area contributed by atoms with E-state index >= 15 is 0 Å². The first kappa shape index (κ1) is 36.1. The van der Waals surface area contributed by atoms with Gasteiger partial charge < -0.3 is 13.3 Å². The van der Waals surface area contributed by atoms with Crippen molar-refractivity contribution in [1.29, 1.82) is 0 Å². The van der Waals surface area contributed by atoms with Crippen LogP contribution < -0.4 is 0 Å². The highest BCUT2D eigenvalue weighted by Crippen LogP contribution is 2.55. The molecule has 1 aliphatic rings. The van der Waals surface area contributed by atoms with Crippen molar-refractivity contribution in [1.82, 2.24) is 0 Å². The molecule has 3 heterocycles. The molecule has 0 bridgehead atoms. The molecule has 1 aliphatic carbocycles. The van der Waals surface area contributed by atoms with Gasteiger partial charge in [-0.1, -0.05) is 377 Å². The lowest BCUT2D eigenvalue weighted by Gasteiger charge is -2.22. The van der Waals surface area contributed by atoms with Crippen molar-refractivity contribution in [2.45, 2.75) is 19.3 Å². The Balaban J connectivity index is 0.000000133. The molecular weight excluding hydrogens is 1430 g/mol. The molecule has 0 amide bonds. The minimum Gasteiger partial charge on any atom is -0.456 e. The lowest BCUT2D eigenvalue weighted by molar-refractivity contribution is 0.660. The van der Waals surface area contributed by atoms with Crippen LogP contribution in [-0.4, -0.2) is 0 Å². The maximum atomic E-state index is 9.83. The van der Waals surface area contributed by atoms with Crippen LogP contribution in [0.1, 0.15) is 89.4 Å². The fourth-order valence-corrected chi connectivity index (χ4v) is 16.6. The van der Waals surface area contributed by atoms with Crippen LogP contribution in [0.4, 0.5) is 0 Å². The molecule has 0 fully saturated rings. The van der Waals surface area contributed by atoms with Gasteiger partial charge in [0.1, 0.15) is 33.5 Å². The van der Waals surface area contributed by atoms with Gasteiger partial charge in [-0.3, -0.25) is 0 Å². The quantitative estimate of drug-likeness (QED) is 0.149. The molecular formula is C115H74O3. The lowest BCUT2D eigenvalue weighted by Crippen LogP contribution is -2.14. The van der Waals surface area contributed by atoms with E-state index < -0.39 is 328 Å². The van der Waals surface area contributed by atoms with E-state index in [-0.39, 0.29) is 126 Å². The van der Waals surface area contributed by atoms with Gasteiger partial charge in [-0.05, 0) is 224 Å². The molecule has 0 atom stereocenters. The van der Waals surface area contributed by atoms with Crippen LogP contribution >= 0.6 is 0 Å². The molecule has 25 rings (SSSR count). The topological polar surface area (TPSA) is 39.4 Å². The molecule has 0 radical (unpaired) electrons. The first-order valence-electron chi connectivity index (χ1n) is 60.4. The first-order valence-corrected chi connectivity index (χ1v) is 36.9. The second-order valence-electron chi connectivity index (χ2n) is 28.2. The summed E-state index contributed by atoms with van der Waals surface area (Å²) < 4.78 is 438. The molecule has 3 heteroatoms. The summed E-state index contributed by atoms with van der Waals surface area (Å²) in [6.45, 7) is 3.28. The molecule has 0 spiro atoms. The highest BCUT2D eigenvalue weighted by molar-refractivity contribution is 6.30. The average Bonchev–Trinajstić information content (AvgIpc) is 1.34. The summed E-state index contributed by atoms with van der Waals surface area (Å²) in [4.78, 5) is 0. The van der Waals surface area contributed by atoms with Crippen molar-refractivity contribution >= 4 is 141 Å². The van der Waals surface area contributed by atoms with E-state index in [0.717, 1.165) is 0 Å². The molecule has 552 valence electrons. The molecule has 21 aromatic carbocycles. The normalized spacial score (nSPS) is 18.0. The van der Waals surface area contributed by atoms with Gasteiger partial charge >= 0.3 is 0 Å². The molecule has 0 N–H and O–H groups in total. The van der Waals surface area contributed by atoms with E-state index in [2.05, 4.69) is 0 Å². The van der Waals surface area contributed by atoms with Crippen LogP contribution in [0.3, 0.4) is 0 Å². The third-order valence-corrected chi connectivity index (χ3v) is 21.6. The molecule has 0 unspecified atom stereocenters. The fraction of sp³-hybridized carbons (Fsp3) is 0.0261. The molecule has 24 aromatic rings. The van der Waals surface area contributed by atoms with Gasteiger partial charge in [0.05, 0.1) is 64.4 Å². The second-order valence-corrected chi connectivity index (χ2v) is 28.2. The summed E-state index contributed by atoms with van der Waals surface area (Å²) in [6, 6.07) is 4.70. The van der Waals surface area contributed by atoms with Crippen LogP contribution in [0.5, 0.6) is 0 Å². The van der Waals surface area contributed by atoms with E-state index in [1.54, 1.807) is 141 Å².